The molecule has 0 aromatic carbocycles. The van der Waals surface area contributed by atoms with Crippen LogP contribution >= 0.6 is 12.4 Å². The highest BCUT2D eigenvalue weighted by Crippen LogP contribution is 2.11. The number of hydrogen-bond acceptors (Lipinski definition) is 3. The van der Waals surface area contributed by atoms with Crippen molar-refractivity contribution in [1.29, 1.82) is 0 Å². The lowest BCUT2D eigenvalue weighted by Crippen LogP contribution is -2.13. The van der Waals surface area contributed by atoms with Crippen molar-refractivity contribution >= 4 is 12.4 Å². The van der Waals surface area contributed by atoms with Crippen LogP contribution in [0.3, 0.4) is 0 Å². The molecular formula is C6H11ClN4. The number of halogens is 1. The molecule has 0 amide bonds. The second kappa shape index (κ2) is 3.69. The zero-order valence-corrected chi connectivity index (χ0v) is 6.92. The van der Waals surface area contributed by atoms with Crippen LogP contribution in [0.25, 0.3) is 0 Å². The van der Waals surface area contributed by atoms with Gasteiger partial charge in [-0.2, -0.15) is 5.10 Å². The molecule has 11 heavy (non-hydrogen) atoms. The Hall–Kier alpha value is -0.610. The lowest BCUT2D eigenvalue weighted by Gasteiger charge is -2.05. The van der Waals surface area contributed by atoms with E-state index in [1.807, 2.05) is 4.68 Å². The van der Waals surface area contributed by atoms with Gasteiger partial charge in [-0.1, -0.05) is 0 Å². The van der Waals surface area contributed by atoms with Crippen molar-refractivity contribution in [3.63, 3.8) is 0 Å². The molecule has 0 radical (unpaired) electrons. The number of nitrogens with one attached hydrogen (secondary N) is 1. The van der Waals surface area contributed by atoms with Gasteiger partial charge in [-0.05, 0) is 13.0 Å². The van der Waals surface area contributed by atoms with Crippen molar-refractivity contribution < 1.29 is 0 Å². The lowest BCUT2D eigenvalue weighted by atomic mass is 10.3. The molecule has 2 rings (SSSR count). The van der Waals surface area contributed by atoms with Crippen LogP contribution in [0.4, 0.5) is 0 Å². The topological polar surface area (TPSA) is 42.7 Å². The van der Waals surface area contributed by atoms with E-state index in [2.05, 4.69) is 15.4 Å². The van der Waals surface area contributed by atoms with E-state index >= 15 is 0 Å². The maximum Gasteiger partial charge on any atom is 0.137 e. The third-order valence-electron chi connectivity index (χ3n) is 1.85. The first kappa shape index (κ1) is 8.49. The zero-order chi connectivity index (χ0) is 6.81. The van der Waals surface area contributed by atoms with Crippen molar-refractivity contribution in [2.45, 2.75) is 12.5 Å². The van der Waals surface area contributed by atoms with E-state index in [1.54, 1.807) is 12.7 Å². The quantitative estimate of drug-likeness (QED) is 0.663. The van der Waals surface area contributed by atoms with Gasteiger partial charge in [0.15, 0.2) is 0 Å². The summed E-state index contributed by atoms with van der Waals surface area (Å²) in [5.74, 6) is 0. The van der Waals surface area contributed by atoms with E-state index in [1.165, 1.54) is 6.42 Å². The fourth-order valence-corrected chi connectivity index (χ4v) is 1.27. The summed E-state index contributed by atoms with van der Waals surface area (Å²) < 4.78 is 1.92. The van der Waals surface area contributed by atoms with Crippen LogP contribution in [0.5, 0.6) is 0 Å². The average molecular weight is 175 g/mol. The van der Waals surface area contributed by atoms with E-state index in [4.69, 9.17) is 0 Å². The van der Waals surface area contributed by atoms with Gasteiger partial charge in [0.2, 0.25) is 0 Å². The molecule has 0 saturated carbocycles. The summed E-state index contributed by atoms with van der Waals surface area (Å²) in [6.45, 7) is 2.13. The van der Waals surface area contributed by atoms with Crippen molar-refractivity contribution in [2.75, 3.05) is 13.1 Å². The van der Waals surface area contributed by atoms with E-state index < -0.39 is 0 Å². The van der Waals surface area contributed by atoms with Gasteiger partial charge in [-0.25, -0.2) is 9.67 Å². The Morgan fingerprint density at radius 1 is 1.55 bits per heavy atom. The summed E-state index contributed by atoms with van der Waals surface area (Å²) in [6.07, 6.45) is 4.53. The summed E-state index contributed by atoms with van der Waals surface area (Å²) in [5, 5.41) is 7.34. The number of hydrogen-bond donors (Lipinski definition) is 1. The maximum atomic E-state index is 4.06. The SMILES string of the molecule is Cl.c1ncn([C@H]2CCNC2)n1. The van der Waals surface area contributed by atoms with E-state index in [0.29, 0.717) is 6.04 Å². The van der Waals surface area contributed by atoms with Gasteiger partial charge in [-0.3, -0.25) is 0 Å². The van der Waals surface area contributed by atoms with Crippen LogP contribution in [0, 0.1) is 0 Å². The second-order valence-corrected chi connectivity index (χ2v) is 2.52. The van der Waals surface area contributed by atoms with Crippen LogP contribution in [0.15, 0.2) is 12.7 Å². The fourth-order valence-electron chi connectivity index (χ4n) is 1.27. The molecule has 1 aromatic rings. The molecule has 1 N–H and O–H groups in total. The Labute approximate surface area is 71.4 Å². The van der Waals surface area contributed by atoms with E-state index in [0.717, 1.165) is 13.1 Å². The van der Waals surface area contributed by atoms with Gasteiger partial charge in [0.1, 0.15) is 12.7 Å². The van der Waals surface area contributed by atoms with Crippen LogP contribution in [0.2, 0.25) is 0 Å². The predicted molar refractivity (Wildman–Crippen MR) is 43.8 cm³/mol. The molecule has 4 nitrogen and oxygen atoms in total. The van der Waals surface area contributed by atoms with Gasteiger partial charge < -0.3 is 5.32 Å². The van der Waals surface area contributed by atoms with E-state index in [-0.39, 0.29) is 12.4 Å². The molecule has 1 aliphatic heterocycles. The molecule has 0 spiro atoms. The highest BCUT2D eigenvalue weighted by Gasteiger charge is 2.15. The Kier molecular flexibility index (Phi) is 2.84. The predicted octanol–water partition coefficient (Wildman–Crippen LogP) is 0.234. The minimum absolute atomic E-state index is 0. The van der Waals surface area contributed by atoms with Crippen molar-refractivity contribution in [1.82, 2.24) is 20.1 Å². The lowest BCUT2D eigenvalue weighted by molar-refractivity contribution is 0.489. The van der Waals surface area contributed by atoms with E-state index in [9.17, 15) is 0 Å². The highest BCUT2D eigenvalue weighted by molar-refractivity contribution is 5.85. The Bertz CT molecular complexity index is 192. The summed E-state index contributed by atoms with van der Waals surface area (Å²) in [7, 11) is 0. The molecule has 0 unspecified atom stereocenters. The van der Waals surface area contributed by atoms with Crippen LogP contribution < -0.4 is 5.32 Å². The van der Waals surface area contributed by atoms with Gasteiger partial charge in [0.25, 0.3) is 0 Å². The average Bonchev–Trinajstić information content (AvgIpc) is 2.59. The molecule has 62 valence electrons. The molecule has 1 saturated heterocycles. The van der Waals surface area contributed by atoms with Gasteiger partial charge in [0.05, 0.1) is 6.04 Å². The first-order valence-corrected chi connectivity index (χ1v) is 3.51. The highest BCUT2D eigenvalue weighted by atomic mass is 35.5. The zero-order valence-electron chi connectivity index (χ0n) is 6.10. The number of nitrogens with zero attached hydrogens (tertiary/aromatic N) is 3. The summed E-state index contributed by atoms with van der Waals surface area (Å²) in [6, 6.07) is 0.530. The maximum absolute atomic E-state index is 4.06. The normalized spacial score (nSPS) is 23.1. The van der Waals surface area contributed by atoms with Gasteiger partial charge >= 0.3 is 0 Å². The minimum atomic E-state index is 0. The third kappa shape index (κ3) is 1.70. The monoisotopic (exact) mass is 174 g/mol. The molecule has 1 aliphatic rings. The Balaban J connectivity index is 0.000000605. The van der Waals surface area contributed by atoms with Crippen molar-refractivity contribution in [2.24, 2.45) is 0 Å². The largest absolute Gasteiger partial charge is 0.315 e. The van der Waals surface area contributed by atoms with Gasteiger partial charge in [-0.15, -0.1) is 12.4 Å². The summed E-state index contributed by atoms with van der Waals surface area (Å²) >= 11 is 0. The van der Waals surface area contributed by atoms with Gasteiger partial charge in [0, 0.05) is 6.54 Å². The molecule has 2 heterocycles. The Morgan fingerprint density at radius 2 is 2.45 bits per heavy atom. The van der Waals surface area contributed by atoms with Crippen LogP contribution in [0.1, 0.15) is 12.5 Å². The van der Waals surface area contributed by atoms with Crippen molar-refractivity contribution in [3.05, 3.63) is 12.7 Å². The second-order valence-electron chi connectivity index (χ2n) is 2.52. The molecule has 0 bridgehead atoms. The fraction of sp³-hybridized carbons (Fsp3) is 0.667. The summed E-state index contributed by atoms with van der Waals surface area (Å²) in [4.78, 5) is 3.89. The third-order valence-corrected chi connectivity index (χ3v) is 1.85. The summed E-state index contributed by atoms with van der Waals surface area (Å²) in [5.41, 5.74) is 0. The minimum Gasteiger partial charge on any atom is -0.315 e. The first-order chi connectivity index (χ1) is 4.97. The number of aromatic nitrogens is 3. The van der Waals surface area contributed by atoms with Crippen LogP contribution in [-0.4, -0.2) is 27.9 Å². The number of rotatable bonds is 1. The molecule has 1 atom stereocenters. The molecule has 0 aliphatic carbocycles. The standard InChI is InChI=1S/C6H10N4.ClH/c1-2-7-3-6(1)10-5-8-4-9-10;/h4-7H,1-3H2;1H/t6-;/m0./s1. The molecule has 1 fully saturated rings. The molecule has 5 heteroatoms. The molecular weight excluding hydrogens is 164 g/mol. The molecule has 1 aromatic heterocycles. The smallest absolute Gasteiger partial charge is 0.137 e. The van der Waals surface area contributed by atoms with Crippen molar-refractivity contribution in [3.8, 4) is 0 Å². The van der Waals surface area contributed by atoms with Crippen LogP contribution in [-0.2, 0) is 0 Å². The Morgan fingerprint density at radius 3 is 3.00 bits per heavy atom. The first-order valence-electron chi connectivity index (χ1n) is 3.51.